The number of hydrogen-bond donors (Lipinski definition) is 4. The molecule has 0 radical (unpaired) electrons. The van der Waals surface area contributed by atoms with E-state index in [0.29, 0.717) is 0 Å². The molecular weight excluding hydrogens is 172 g/mol. The molecule has 0 aromatic heterocycles. The van der Waals surface area contributed by atoms with Crippen molar-refractivity contribution in [3.8, 4) is 0 Å². The van der Waals surface area contributed by atoms with E-state index in [1.165, 1.54) is 12.8 Å². The first-order chi connectivity index (χ1) is 5.66. The highest BCUT2D eigenvalue weighted by atomic mass is 32.1. The molecule has 0 rings (SSSR count). The van der Waals surface area contributed by atoms with Crippen LogP contribution in [0.25, 0.3) is 0 Å². The minimum absolute atomic E-state index is 0.128. The lowest BCUT2D eigenvalue weighted by Gasteiger charge is -2.07. The maximum absolute atomic E-state index is 7.26. The van der Waals surface area contributed by atoms with Crippen molar-refractivity contribution in [2.75, 3.05) is 6.54 Å². The quantitative estimate of drug-likeness (QED) is 0.225. The highest BCUT2D eigenvalue weighted by Crippen LogP contribution is 1.90. The molecule has 0 saturated carbocycles. The van der Waals surface area contributed by atoms with Crippen molar-refractivity contribution in [2.24, 2.45) is 5.73 Å². The third-order valence-electron chi connectivity index (χ3n) is 1.33. The number of nitrogens with one attached hydrogen (secondary N) is 3. The lowest BCUT2D eigenvalue weighted by atomic mass is 10.2. The molecule has 70 valence electrons. The molecule has 0 aromatic carbocycles. The molecule has 0 unspecified atom stereocenters. The van der Waals surface area contributed by atoms with Gasteiger partial charge in [0, 0.05) is 6.54 Å². The minimum atomic E-state index is 0.128. The Morgan fingerprint density at radius 3 is 2.67 bits per heavy atom. The third-order valence-corrected chi connectivity index (χ3v) is 1.43. The Morgan fingerprint density at radius 1 is 1.50 bits per heavy atom. The highest BCUT2D eigenvalue weighted by molar-refractivity contribution is 7.80. The van der Waals surface area contributed by atoms with Gasteiger partial charge < -0.3 is 16.4 Å². The molecule has 5 heteroatoms. The van der Waals surface area contributed by atoms with Crippen LogP contribution >= 0.6 is 12.2 Å². The number of guanidine groups is 1. The van der Waals surface area contributed by atoms with Gasteiger partial charge in [-0.2, -0.15) is 0 Å². The van der Waals surface area contributed by atoms with E-state index in [4.69, 9.17) is 11.1 Å². The normalized spacial score (nSPS) is 9.08. The number of unbranched alkanes of at least 4 members (excludes halogenated alkanes) is 2. The van der Waals surface area contributed by atoms with E-state index in [1.807, 2.05) is 0 Å². The van der Waals surface area contributed by atoms with Crippen molar-refractivity contribution in [1.82, 2.24) is 10.6 Å². The van der Waals surface area contributed by atoms with E-state index in [9.17, 15) is 0 Å². The summed E-state index contributed by atoms with van der Waals surface area (Å²) in [6.45, 7) is 2.93. The van der Waals surface area contributed by atoms with E-state index in [1.54, 1.807) is 0 Å². The number of rotatable bonds is 4. The molecule has 0 bridgehead atoms. The number of nitrogens with two attached hydrogens (primary N) is 1. The van der Waals surface area contributed by atoms with E-state index in [2.05, 4.69) is 29.8 Å². The van der Waals surface area contributed by atoms with Crippen molar-refractivity contribution in [1.29, 1.82) is 5.41 Å². The Hall–Kier alpha value is -0.840. The summed E-state index contributed by atoms with van der Waals surface area (Å²) in [5.41, 5.74) is 5.16. The topological polar surface area (TPSA) is 73.9 Å². The summed E-state index contributed by atoms with van der Waals surface area (Å²) < 4.78 is 0. The second kappa shape index (κ2) is 6.84. The van der Waals surface area contributed by atoms with E-state index in [-0.39, 0.29) is 11.1 Å². The molecule has 0 amide bonds. The van der Waals surface area contributed by atoms with Crippen LogP contribution in [0, 0.1) is 5.41 Å². The summed E-state index contributed by atoms with van der Waals surface area (Å²) in [6, 6.07) is 0. The predicted molar refractivity (Wildman–Crippen MR) is 55.2 cm³/mol. The van der Waals surface area contributed by atoms with Crippen molar-refractivity contribution in [3.05, 3.63) is 0 Å². The van der Waals surface area contributed by atoms with Crippen LogP contribution in [0.15, 0.2) is 0 Å². The highest BCUT2D eigenvalue weighted by Gasteiger charge is 1.94. The summed E-state index contributed by atoms with van der Waals surface area (Å²) in [6.07, 6.45) is 3.42. The van der Waals surface area contributed by atoms with E-state index >= 15 is 0 Å². The number of thiocarbonyl (C=S) groups is 1. The van der Waals surface area contributed by atoms with E-state index < -0.39 is 0 Å². The van der Waals surface area contributed by atoms with Gasteiger partial charge in [-0.15, -0.1) is 0 Å². The molecule has 0 atom stereocenters. The van der Waals surface area contributed by atoms with Gasteiger partial charge in [0.25, 0.3) is 0 Å². The smallest absolute Gasteiger partial charge is 0.194 e. The molecule has 0 aliphatic rings. The summed E-state index contributed by atoms with van der Waals surface area (Å²) >= 11 is 4.56. The van der Waals surface area contributed by atoms with Crippen LogP contribution in [0.1, 0.15) is 26.2 Å². The Balaban J connectivity index is 3.26. The molecule has 0 saturated heterocycles. The molecule has 0 spiro atoms. The zero-order valence-electron chi connectivity index (χ0n) is 7.31. The van der Waals surface area contributed by atoms with Crippen LogP contribution in [0.5, 0.6) is 0 Å². The Kier molecular flexibility index (Phi) is 6.37. The monoisotopic (exact) mass is 188 g/mol. The van der Waals surface area contributed by atoms with Crippen molar-refractivity contribution in [2.45, 2.75) is 26.2 Å². The van der Waals surface area contributed by atoms with Gasteiger partial charge in [-0.1, -0.05) is 19.8 Å². The van der Waals surface area contributed by atoms with Gasteiger partial charge >= 0.3 is 0 Å². The zero-order valence-corrected chi connectivity index (χ0v) is 8.13. The standard InChI is InChI=1S/C7H16N4S/c1-2-3-4-5-10-6(8)11-7(9)12/h2-5H2,1H3,(H5,8,9,10,11,12). The van der Waals surface area contributed by atoms with Crippen LogP contribution in [-0.4, -0.2) is 17.6 Å². The average molecular weight is 188 g/mol. The Bertz CT molecular complexity index is 157. The summed E-state index contributed by atoms with van der Waals surface area (Å²) in [7, 11) is 0. The minimum Gasteiger partial charge on any atom is -0.376 e. The summed E-state index contributed by atoms with van der Waals surface area (Å²) in [5, 5.41) is 12.7. The Labute approximate surface area is 78.4 Å². The van der Waals surface area contributed by atoms with Gasteiger partial charge in [0.2, 0.25) is 0 Å². The van der Waals surface area contributed by atoms with Gasteiger partial charge in [0.1, 0.15) is 0 Å². The molecule has 12 heavy (non-hydrogen) atoms. The SMILES string of the molecule is CCCCCNC(=N)NC(N)=S. The summed E-state index contributed by atoms with van der Waals surface area (Å²) in [4.78, 5) is 0. The first kappa shape index (κ1) is 11.2. The van der Waals surface area contributed by atoms with Crippen LogP contribution < -0.4 is 16.4 Å². The second-order valence-corrected chi connectivity index (χ2v) is 2.94. The molecule has 0 heterocycles. The molecule has 0 fully saturated rings. The summed E-state index contributed by atoms with van der Waals surface area (Å²) in [5.74, 6) is 0.179. The lowest BCUT2D eigenvalue weighted by molar-refractivity contribution is 0.690. The van der Waals surface area contributed by atoms with Crippen molar-refractivity contribution < 1.29 is 0 Å². The second-order valence-electron chi connectivity index (χ2n) is 2.50. The van der Waals surface area contributed by atoms with Gasteiger partial charge in [0.05, 0.1) is 0 Å². The van der Waals surface area contributed by atoms with Crippen molar-refractivity contribution in [3.63, 3.8) is 0 Å². The zero-order chi connectivity index (χ0) is 9.40. The first-order valence-electron chi connectivity index (χ1n) is 4.05. The maximum Gasteiger partial charge on any atom is 0.194 e. The van der Waals surface area contributed by atoms with Crippen molar-refractivity contribution >= 4 is 23.3 Å². The molecular formula is C7H16N4S. The van der Waals surface area contributed by atoms with Crippen LogP contribution in [0.3, 0.4) is 0 Å². The fourth-order valence-corrected chi connectivity index (χ4v) is 0.858. The molecule has 0 aromatic rings. The predicted octanol–water partition coefficient (Wildman–Crippen LogP) is 0.534. The number of hydrogen-bond acceptors (Lipinski definition) is 2. The maximum atomic E-state index is 7.26. The molecule has 5 N–H and O–H groups in total. The van der Waals surface area contributed by atoms with Crippen LogP contribution in [0.4, 0.5) is 0 Å². The fraction of sp³-hybridized carbons (Fsp3) is 0.714. The largest absolute Gasteiger partial charge is 0.376 e. The molecule has 0 aliphatic heterocycles. The van der Waals surface area contributed by atoms with Crippen LogP contribution in [0.2, 0.25) is 0 Å². The fourth-order valence-electron chi connectivity index (χ4n) is 0.756. The van der Waals surface area contributed by atoms with Gasteiger partial charge in [-0.3, -0.25) is 5.41 Å². The van der Waals surface area contributed by atoms with Gasteiger partial charge in [-0.05, 0) is 18.6 Å². The molecule has 4 nitrogen and oxygen atoms in total. The van der Waals surface area contributed by atoms with Crippen LogP contribution in [-0.2, 0) is 0 Å². The third kappa shape index (κ3) is 7.27. The first-order valence-corrected chi connectivity index (χ1v) is 4.46. The van der Waals surface area contributed by atoms with Gasteiger partial charge in [0.15, 0.2) is 11.1 Å². The Morgan fingerprint density at radius 2 is 2.17 bits per heavy atom. The lowest BCUT2D eigenvalue weighted by Crippen LogP contribution is -2.42. The average Bonchev–Trinajstić information content (AvgIpc) is 1.97. The van der Waals surface area contributed by atoms with Gasteiger partial charge in [-0.25, -0.2) is 0 Å². The van der Waals surface area contributed by atoms with E-state index in [0.717, 1.165) is 13.0 Å². The molecule has 0 aliphatic carbocycles.